The van der Waals surface area contributed by atoms with Gasteiger partial charge >= 0.3 is 0 Å². The Bertz CT molecular complexity index is 575. The fourth-order valence-corrected chi connectivity index (χ4v) is 4.50. The van der Waals surface area contributed by atoms with Gasteiger partial charge in [-0.1, -0.05) is 13.8 Å². The lowest BCUT2D eigenvalue weighted by molar-refractivity contribution is 0.0893. The topological polar surface area (TPSA) is 21.7 Å². The summed E-state index contributed by atoms with van der Waals surface area (Å²) in [4.78, 5) is 2.67. The van der Waals surface area contributed by atoms with Gasteiger partial charge in [0, 0.05) is 25.6 Å². The number of rotatable bonds is 7. The van der Waals surface area contributed by atoms with E-state index in [0.29, 0.717) is 19.1 Å². The molecule has 2 aliphatic rings. The maximum absolute atomic E-state index is 12.3. The minimum atomic E-state index is -0.345. The minimum absolute atomic E-state index is 0.345. The van der Waals surface area contributed by atoms with Crippen molar-refractivity contribution in [2.75, 3.05) is 33.5 Å². The predicted octanol–water partition coefficient (Wildman–Crippen LogP) is 4.79. The van der Waals surface area contributed by atoms with Crippen molar-refractivity contribution in [2.45, 2.75) is 52.0 Å². The van der Waals surface area contributed by atoms with Crippen LogP contribution in [0.1, 0.15) is 56.7 Å². The summed E-state index contributed by atoms with van der Waals surface area (Å²) in [7, 11) is 1.68. The third-order valence-corrected chi connectivity index (χ3v) is 5.57. The highest BCUT2D eigenvalue weighted by Gasteiger charge is 2.34. The van der Waals surface area contributed by atoms with E-state index in [4.69, 9.17) is 9.47 Å². The summed E-state index contributed by atoms with van der Waals surface area (Å²) < 4.78 is 23.6. The highest BCUT2D eigenvalue weighted by atomic mass is 19.1. The van der Waals surface area contributed by atoms with Gasteiger partial charge in [-0.05, 0) is 60.8 Å². The zero-order valence-electron chi connectivity index (χ0n) is 15.9. The van der Waals surface area contributed by atoms with Crippen molar-refractivity contribution in [1.82, 2.24) is 4.90 Å². The van der Waals surface area contributed by atoms with Crippen molar-refractivity contribution in [3.05, 3.63) is 23.3 Å². The summed E-state index contributed by atoms with van der Waals surface area (Å²) >= 11 is 0. The first-order valence-electron chi connectivity index (χ1n) is 9.76. The van der Waals surface area contributed by atoms with E-state index in [1.54, 1.807) is 7.11 Å². The lowest BCUT2D eigenvalue weighted by atomic mass is 9.81. The van der Waals surface area contributed by atoms with Gasteiger partial charge in [-0.15, -0.1) is 0 Å². The van der Waals surface area contributed by atoms with Gasteiger partial charge < -0.3 is 9.47 Å². The molecule has 1 saturated heterocycles. The summed E-state index contributed by atoms with van der Waals surface area (Å²) in [5.41, 5.74) is 2.78. The van der Waals surface area contributed by atoms with Gasteiger partial charge in [0.25, 0.3) is 0 Å². The number of benzene rings is 1. The zero-order chi connectivity index (χ0) is 17.8. The molecule has 3 nitrogen and oxygen atoms in total. The van der Waals surface area contributed by atoms with E-state index >= 15 is 0 Å². The molecule has 1 fully saturated rings. The summed E-state index contributed by atoms with van der Waals surface area (Å²) in [6.07, 6.45) is 5.36. The molecule has 0 spiro atoms. The lowest BCUT2D eigenvalue weighted by Crippen LogP contribution is -2.42. The fraction of sp³-hybridized carbons (Fsp3) is 0.714. The molecule has 0 bridgehead atoms. The van der Waals surface area contributed by atoms with Crippen molar-refractivity contribution in [2.24, 2.45) is 11.8 Å². The van der Waals surface area contributed by atoms with Crippen molar-refractivity contribution < 1.29 is 13.9 Å². The van der Waals surface area contributed by atoms with E-state index in [0.717, 1.165) is 36.3 Å². The minimum Gasteiger partial charge on any atom is -0.493 e. The van der Waals surface area contributed by atoms with Crippen molar-refractivity contribution >= 4 is 0 Å². The number of methoxy groups -OCH3 is 1. The highest BCUT2D eigenvalue weighted by Crippen LogP contribution is 2.43. The Hall–Kier alpha value is -1.29. The van der Waals surface area contributed by atoms with Gasteiger partial charge in [0.2, 0.25) is 0 Å². The van der Waals surface area contributed by atoms with Gasteiger partial charge in [-0.25, -0.2) is 0 Å². The molecule has 0 saturated carbocycles. The Morgan fingerprint density at radius 2 is 2.08 bits per heavy atom. The number of halogens is 1. The average molecular weight is 349 g/mol. The molecular formula is C21H32FNO2. The third-order valence-electron chi connectivity index (χ3n) is 5.57. The predicted molar refractivity (Wildman–Crippen MR) is 99.3 cm³/mol. The second kappa shape index (κ2) is 8.39. The molecule has 0 N–H and O–H groups in total. The summed E-state index contributed by atoms with van der Waals surface area (Å²) in [5, 5.41) is 0. The molecule has 2 unspecified atom stereocenters. The molecular weight excluding hydrogens is 317 g/mol. The number of nitrogens with zero attached hydrogens (tertiary/aromatic N) is 1. The second-order valence-corrected chi connectivity index (χ2v) is 7.93. The second-order valence-electron chi connectivity index (χ2n) is 7.93. The molecule has 2 atom stereocenters. The van der Waals surface area contributed by atoms with E-state index in [1.807, 2.05) is 0 Å². The first kappa shape index (κ1) is 18.5. The van der Waals surface area contributed by atoms with Gasteiger partial charge in [-0.2, -0.15) is 0 Å². The third kappa shape index (κ3) is 4.28. The molecule has 0 aliphatic carbocycles. The smallest absolute Gasteiger partial charge is 0.161 e. The standard InChI is InChI=1S/C21H32FNO2/c1-15(2)11-16-5-6-19-18-13-20(24-3)21(25-10-4-8-22)12-17(18)7-9-23(19)14-16/h12-13,15-16,19H,4-11,14H2,1-3H3. The Kier molecular flexibility index (Phi) is 6.21. The van der Waals surface area contributed by atoms with Crippen LogP contribution in [0.15, 0.2) is 12.1 Å². The van der Waals surface area contributed by atoms with E-state index in [2.05, 4.69) is 30.9 Å². The van der Waals surface area contributed by atoms with Crippen LogP contribution in [0.2, 0.25) is 0 Å². The van der Waals surface area contributed by atoms with Gasteiger partial charge in [-0.3, -0.25) is 9.29 Å². The first-order chi connectivity index (χ1) is 12.1. The molecule has 2 heterocycles. The molecule has 0 radical (unpaired) electrons. The quantitative estimate of drug-likeness (QED) is 0.661. The molecule has 25 heavy (non-hydrogen) atoms. The zero-order valence-corrected chi connectivity index (χ0v) is 15.9. The number of hydrogen-bond donors (Lipinski definition) is 0. The normalized spacial score (nSPS) is 23.2. The summed E-state index contributed by atoms with van der Waals surface area (Å²) in [5.74, 6) is 3.16. The summed E-state index contributed by atoms with van der Waals surface area (Å²) in [6, 6.07) is 4.81. The van der Waals surface area contributed by atoms with Gasteiger partial charge in [0.05, 0.1) is 20.4 Å². The number of fused-ring (bicyclic) bond motifs is 3. The fourth-order valence-electron chi connectivity index (χ4n) is 4.50. The average Bonchev–Trinajstić information content (AvgIpc) is 2.60. The lowest BCUT2D eigenvalue weighted by Gasteiger charge is -2.44. The Balaban J connectivity index is 1.76. The Morgan fingerprint density at radius 1 is 1.24 bits per heavy atom. The van der Waals surface area contributed by atoms with E-state index in [-0.39, 0.29) is 6.67 Å². The number of piperidine rings is 1. The molecule has 140 valence electrons. The van der Waals surface area contributed by atoms with Crippen LogP contribution in [0, 0.1) is 11.8 Å². The first-order valence-corrected chi connectivity index (χ1v) is 9.76. The molecule has 1 aromatic rings. The number of hydrogen-bond acceptors (Lipinski definition) is 3. The molecule has 0 amide bonds. The van der Waals surface area contributed by atoms with Gasteiger partial charge in [0.15, 0.2) is 11.5 Å². The molecule has 4 heteroatoms. The molecule has 1 aromatic carbocycles. The van der Waals surface area contributed by atoms with E-state index in [9.17, 15) is 4.39 Å². The summed E-state index contributed by atoms with van der Waals surface area (Å²) in [6.45, 7) is 7.06. The van der Waals surface area contributed by atoms with Gasteiger partial charge in [0.1, 0.15) is 0 Å². The monoisotopic (exact) mass is 349 g/mol. The van der Waals surface area contributed by atoms with Crippen LogP contribution in [0.25, 0.3) is 0 Å². The van der Waals surface area contributed by atoms with Crippen LogP contribution in [0.4, 0.5) is 4.39 Å². The van der Waals surface area contributed by atoms with Crippen molar-refractivity contribution in [3.63, 3.8) is 0 Å². The van der Waals surface area contributed by atoms with Crippen LogP contribution in [0.3, 0.4) is 0 Å². The Labute approximate surface area is 151 Å². The van der Waals surface area contributed by atoms with Crippen LogP contribution in [-0.2, 0) is 6.42 Å². The SMILES string of the molecule is COc1cc2c(cc1OCCCF)CCN1CC(CC(C)C)CCC21. The number of alkyl halides is 1. The Morgan fingerprint density at radius 3 is 2.80 bits per heavy atom. The molecule has 2 aliphatic heterocycles. The molecule has 3 rings (SSSR count). The largest absolute Gasteiger partial charge is 0.493 e. The van der Waals surface area contributed by atoms with E-state index in [1.165, 1.54) is 36.9 Å². The van der Waals surface area contributed by atoms with E-state index < -0.39 is 0 Å². The maximum Gasteiger partial charge on any atom is 0.161 e. The van der Waals surface area contributed by atoms with Crippen LogP contribution in [0.5, 0.6) is 11.5 Å². The maximum atomic E-state index is 12.3. The molecule has 0 aromatic heterocycles. The van der Waals surface area contributed by atoms with Crippen molar-refractivity contribution in [3.8, 4) is 11.5 Å². The van der Waals surface area contributed by atoms with Crippen LogP contribution < -0.4 is 9.47 Å². The van der Waals surface area contributed by atoms with Crippen molar-refractivity contribution in [1.29, 1.82) is 0 Å². The van der Waals surface area contributed by atoms with Crippen LogP contribution >= 0.6 is 0 Å². The number of ether oxygens (including phenoxy) is 2. The van der Waals surface area contributed by atoms with Crippen LogP contribution in [-0.4, -0.2) is 38.4 Å². The highest BCUT2D eigenvalue weighted by molar-refractivity contribution is 5.49.